The summed E-state index contributed by atoms with van der Waals surface area (Å²) in [6.07, 6.45) is 5.42. The molecule has 1 aliphatic heterocycles. The molecule has 1 saturated carbocycles. The largest absolute Gasteiger partial charge is 0.488 e. The monoisotopic (exact) mass is 388 g/mol. The highest BCUT2D eigenvalue weighted by Gasteiger charge is 2.65. The number of aliphatic hydroxyl groups is 2. The highest BCUT2D eigenvalue weighted by atomic mass is 19.3. The van der Waals surface area contributed by atoms with Gasteiger partial charge in [-0.25, -0.2) is 0 Å². The van der Waals surface area contributed by atoms with E-state index >= 15 is 0 Å². The molecule has 1 heterocycles. The van der Waals surface area contributed by atoms with E-state index in [4.69, 9.17) is 9.84 Å². The minimum absolute atomic E-state index is 0.0206. The van der Waals surface area contributed by atoms with Crippen molar-refractivity contribution in [2.24, 2.45) is 11.8 Å². The van der Waals surface area contributed by atoms with E-state index in [-0.39, 0.29) is 12.8 Å². The van der Waals surface area contributed by atoms with Crippen molar-refractivity contribution >= 4 is 5.97 Å². The van der Waals surface area contributed by atoms with Gasteiger partial charge in [-0.1, -0.05) is 38.3 Å². The second kappa shape index (κ2) is 9.64. The van der Waals surface area contributed by atoms with Crippen molar-refractivity contribution in [1.82, 2.24) is 0 Å². The van der Waals surface area contributed by atoms with Crippen molar-refractivity contribution < 1.29 is 33.6 Å². The average molecular weight is 388 g/mol. The average Bonchev–Trinajstić information content (AvgIpc) is 3.09. The molecule has 0 spiro atoms. The maximum absolute atomic E-state index is 14.4. The SMILES string of the molecule is CCCCC[C@H](O)/C=C/[C@@H]1[C@H]2C/C(=C/CCCC(=O)O)O[C@H]2C(F)(F)[C@H]1O. The molecule has 5 nitrogen and oxygen atoms in total. The number of aliphatic carboxylic acids is 1. The maximum Gasteiger partial charge on any atom is 0.310 e. The minimum Gasteiger partial charge on any atom is -0.488 e. The van der Waals surface area contributed by atoms with Crippen molar-refractivity contribution in [3.05, 3.63) is 24.0 Å². The lowest BCUT2D eigenvalue weighted by Crippen LogP contribution is -2.39. The number of alkyl halides is 2. The van der Waals surface area contributed by atoms with Crippen molar-refractivity contribution in [3.63, 3.8) is 0 Å². The summed E-state index contributed by atoms with van der Waals surface area (Å²) in [6.45, 7) is 2.06. The minimum atomic E-state index is -3.36. The van der Waals surface area contributed by atoms with Gasteiger partial charge in [-0.2, -0.15) is 8.78 Å². The van der Waals surface area contributed by atoms with Crippen molar-refractivity contribution in [2.45, 2.75) is 82.5 Å². The van der Waals surface area contributed by atoms with E-state index in [0.29, 0.717) is 25.0 Å². The molecule has 0 radical (unpaired) electrons. The van der Waals surface area contributed by atoms with Crippen LogP contribution in [0.4, 0.5) is 8.78 Å². The zero-order valence-corrected chi connectivity index (χ0v) is 15.7. The number of allylic oxidation sites excluding steroid dienone is 2. The first-order chi connectivity index (χ1) is 12.8. The number of unbranched alkanes of at least 4 members (excludes halogenated alkanes) is 3. The van der Waals surface area contributed by atoms with Gasteiger partial charge in [0, 0.05) is 24.7 Å². The molecule has 27 heavy (non-hydrogen) atoms. The Morgan fingerprint density at radius 2 is 2.11 bits per heavy atom. The quantitative estimate of drug-likeness (QED) is 0.393. The van der Waals surface area contributed by atoms with Crippen LogP contribution in [0, 0.1) is 11.8 Å². The van der Waals surface area contributed by atoms with E-state index in [9.17, 15) is 23.8 Å². The van der Waals surface area contributed by atoms with Gasteiger partial charge in [-0.3, -0.25) is 4.79 Å². The Morgan fingerprint density at radius 3 is 2.78 bits per heavy atom. The van der Waals surface area contributed by atoms with Gasteiger partial charge in [0.15, 0.2) is 6.10 Å². The van der Waals surface area contributed by atoms with Crippen LogP contribution in [0.1, 0.15) is 58.3 Å². The summed E-state index contributed by atoms with van der Waals surface area (Å²) in [6, 6.07) is 0. The van der Waals surface area contributed by atoms with Crippen molar-refractivity contribution in [1.29, 1.82) is 0 Å². The van der Waals surface area contributed by atoms with Gasteiger partial charge in [0.1, 0.15) is 6.10 Å². The van der Waals surface area contributed by atoms with E-state index < -0.39 is 42.0 Å². The molecule has 2 rings (SSSR count). The van der Waals surface area contributed by atoms with Gasteiger partial charge < -0.3 is 20.1 Å². The number of halogens is 2. The van der Waals surface area contributed by atoms with E-state index in [1.807, 2.05) is 0 Å². The fourth-order valence-corrected chi connectivity index (χ4v) is 3.85. The standard InChI is InChI=1S/C20H30F2O5/c1-2-3-4-7-13(23)10-11-15-16-12-14(8-5-6-9-17(24)25)27-19(16)20(21,22)18(15)26/h8,10-11,13,15-16,18-19,23,26H,2-7,9,12H2,1H3,(H,24,25)/b11-10+,14-8-/t13-,15+,16+,18-,19+/m0/s1. The molecule has 1 saturated heterocycles. The molecule has 1 aliphatic carbocycles. The van der Waals surface area contributed by atoms with Gasteiger partial charge in [-0.15, -0.1) is 0 Å². The van der Waals surface area contributed by atoms with Crippen molar-refractivity contribution in [2.75, 3.05) is 0 Å². The smallest absolute Gasteiger partial charge is 0.310 e. The molecule has 0 bridgehead atoms. The summed E-state index contributed by atoms with van der Waals surface area (Å²) in [5.41, 5.74) is 0. The van der Waals surface area contributed by atoms with E-state index in [1.165, 1.54) is 12.2 Å². The van der Waals surface area contributed by atoms with Crippen LogP contribution in [-0.4, -0.2) is 45.5 Å². The molecule has 5 atom stereocenters. The molecule has 0 aromatic carbocycles. The number of carboxylic acids is 1. The number of carboxylic acid groups (broad SMARTS) is 1. The fourth-order valence-electron chi connectivity index (χ4n) is 3.85. The highest BCUT2D eigenvalue weighted by Crippen LogP contribution is 2.53. The first-order valence-electron chi connectivity index (χ1n) is 9.77. The molecule has 2 fully saturated rings. The van der Waals surface area contributed by atoms with Gasteiger partial charge in [0.25, 0.3) is 0 Å². The molecule has 0 amide bonds. The number of carbonyl (C=O) groups is 1. The molecule has 7 heteroatoms. The van der Waals surface area contributed by atoms with Crippen LogP contribution in [0.2, 0.25) is 0 Å². The van der Waals surface area contributed by atoms with Crippen LogP contribution in [0.5, 0.6) is 0 Å². The summed E-state index contributed by atoms with van der Waals surface area (Å²) in [5.74, 6) is -5.15. The van der Waals surface area contributed by atoms with Gasteiger partial charge in [0.05, 0.1) is 11.9 Å². The lowest BCUT2D eigenvalue weighted by molar-refractivity contribution is -0.149. The van der Waals surface area contributed by atoms with E-state index in [1.54, 1.807) is 6.08 Å². The summed E-state index contributed by atoms with van der Waals surface area (Å²) >= 11 is 0. The number of hydrogen-bond acceptors (Lipinski definition) is 4. The number of hydrogen-bond donors (Lipinski definition) is 3. The number of rotatable bonds is 10. The molecule has 3 N–H and O–H groups in total. The van der Waals surface area contributed by atoms with Crippen LogP contribution in [-0.2, 0) is 9.53 Å². The van der Waals surface area contributed by atoms with Crippen LogP contribution in [0.15, 0.2) is 24.0 Å². The first-order valence-corrected chi connectivity index (χ1v) is 9.77. The third-order valence-corrected chi connectivity index (χ3v) is 5.36. The summed E-state index contributed by atoms with van der Waals surface area (Å²) in [4.78, 5) is 10.5. The van der Waals surface area contributed by atoms with Crippen LogP contribution in [0.3, 0.4) is 0 Å². The molecular formula is C20H30F2O5. The van der Waals surface area contributed by atoms with Gasteiger partial charge in [-0.05, 0) is 25.3 Å². The second-order valence-corrected chi connectivity index (χ2v) is 7.51. The fraction of sp³-hybridized carbons (Fsp3) is 0.750. The van der Waals surface area contributed by atoms with Crippen LogP contribution < -0.4 is 0 Å². The summed E-state index contributed by atoms with van der Waals surface area (Å²) in [7, 11) is 0. The predicted molar refractivity (Wildman–Crippen MR) is 96.3 cm³/mol. The lowest BCUT2D eigenvalue weighted by Gasteiger charge is -2.21. The molecule has 0 unspecified atom stereocenters. The summed E-state index contributed by atoms with van der Waals surface area (Å²) < 4.78 is 34.2. The maximum atomic E-state index is 14.4. The zero-order chi connectivity index (χ0) is 20.0. The summed E-state index contributed by atoms with van der Waals surface area (Å²) in [5, 5.41) is 28.7. The van der Waals surface area contributed by atoms with Crippen LogP contribution >= 0.6 is 0 Å². The Hall–Kier alpha value is -1.47. The molecular weight excluding hydrogens is 358 g/mol. The molecule has 154 valence electrons. The van der Waals surface area contributed by atoms with Gasteiger partial charge in [0.2, 0.25) is 0 Å². The number of aliphatic hydroxyl groups excluding tert-OH is 2. The van der Waals surface area contributed by atoms with Crippen molar-refractivity contribution in [3.8, 4) is 0 Å². The Labute approximate surface area is 158 Å². The predicted octanol–water partition coefficient (Wildman–Crippen LogP) is 3.65. The Kier molecular flexibility index (Phi) is 7.79. The van der Waals surface area contributed by atoms with E-state index in [2.05, 4.69) is 6.92 Å². The third-order valence-electron chi connectivity index (χ3n) is 5.36. The molecule has 2 aliphatic rings. The lowest BCUT2D eigenvalue weighted by atomic mass is 9.90. The topological polar surface area (TPSA) is 87.0 Å². The van der Waals surface area contributed by atoms with E-state index in [0.717, 1.165) is 19.3 Å². The van der Waals surface area contributed by atoms with Gasteiger partial charge >= 0.3 is 11.9 Å². The normalized spacial score (nSPS) is 32.0. The second-order valence-electron chi connectivity index (χ2n) is 7.51. The number of ether oxygens (including phenoxy) is 1. The first kappa shape index (κ1) is 21.8. The zero-order valence-electron chi connectivity index (χ0n) is 15.7. The Balaban J connectivity index is 1.98. The number of fused-ring (bicyclic) bond motifs is 1. The Bertz CT molecular complexity index is 561. The highest BCUT2D eigenvalue weighted by molar-refractivity contribution is 5.66. The van der Waals surface area contributed by atoms with Crippen LogP contribution in [0.25, 0.3) is 0 Å². The Morgan fingerprint density at radius 1 is 1.37 bits per heavy atom. The molecule has 0 aromatic rings. The molecule has 0 aromatic heterocycles. The third kappa shape index (κ3) is 5.51.